The van der Waals surface area contributed by atoms with Gasteiger partial charge in [-0.25, -0.2) is 4.79 Å². The summed E-state index contributed by atoms with van der Waals surface area (Å²) in [6.07, 6.45) is -2.38. The molecule has 2 aromatic carbocycles. The number of nitrogens with one attached hydrogen (secondary N) is 1. The SMILES string of the molecule is COc1ccc(OC(=O)Nc2ccc3c(c2O)C(O)=C2C(=O)C4C(=O)C(C(N)=O)=C(O)[C@@H](N(C)C)C4C(O)C2[C@H]3C)cc1. The maximum atomic E-state index is 14.0. The number of phenols is 1. The number of primary amides is 1. The third kappa shape index (κ3) is 4.57. The standard InChI is InChI=1S/C30H31N3O10/c1-11-14-9-10-15(32-30(41)43-13-7-5-12(42-4)6-8-13)23(34)17(14)25(36)19-16(11)24(35)18-20(26(19)37)27(38)21(29(31)40)28(39)22(18)33(2)3/h5-11,16,18,20,22,24,34-36,39H,1-4H3,(H2,31,40)(H,32,41)/t11-,16?,18?,20?,22-,24?/m0/s1. The van der Waals surface area contributed by atoms with Crippen molar-refractivity contribution in [1.82, 2.24) is 4.90 Å². The zero-order valence-electron chi connectivity index (χ0n) is 23.7. The van der Waals surface area contributed by atoms with Crippen LogP contribution in [0.3, 0.4) is 0 Å². The molecule has 3 aliphatic carbocycles. The number of hydrogen-bond donors (Lipinski definition) is 6. The number of nitrogens with zero attached hydrogens (tertiary/aromatic N) is 1. The molecule has 1 saturated carbocycles. The molecule has 2 aromatic rings. The van der Waals surface area contributed by atoms with Crippen molar-refractivity contribution >= 4 is 35.0 Å². The van der Waals surface area contributed by atoms with E-state index in [0.29, 0.717) is 11.3 Å². The smallest absolute Gasteiger partial charge is 0.417 e. The van der Waals surface area contributed by atoms with Crippen LogP contribution in [0.25, 0.3) is 5.76 Å². The highest BCUT2D eigenvalue weighted by Gasteiger charge is 2.60. The summed E-state index contributed by atoms with van der Waals surface area (Å²) in [6, 6.07) is 7.99. The first kappa shape index (κ1) is 29.6. The molecular weight excluding hydrogens is 562 g/mol. The molecule has 0 radical (unpaired) electrons. The molecule has 0 aromatic heterocycles. The van der Waals surface area contributed by atoms with Crippen LogP contribution in [0, 0.1) is 17.8 Å². The summed E-state index contributed by atoms with van der Waals surface area (Å²) in [7, 11) is 4.60. The van der Waals surface area contributed by atoms with E-state index in [1.165, 1.54) is 36.3 Å². The van der Waals surface area contributed by atoms with Crippen LogP contribution in [0.15, 0.2) is 53.3 Å². The van der Waals surface area contributed by atoms with Gasteiger partial charge in [-0.2, -0.15) is 0 Å². The summed E-state index contributed by atoms with van der Waals surface area (Å²) in [5, 5.41) is 47.5. The Balaban J connectivity index is 1.55. The van der Waals surface area contributed by atoms with Gasteiger partial charge >= 0.3 is 6.09 Å². The first-order chi connectivity index (χ1) is 20.3. The number of carbonyl (C=O) groups is 4. The van der Waals surface area contributed by atoms with Gasteiger partial charge in [0.05, 0.1) is 36.4 Å². The Morgan fingerprint density at radius 2 is 1.60 bits per heavy atom. The van der Waals surface area contributed by atoms with Gasteiger partial charge < -0.3 is 35.6 Å². The number of carbonyl (C=O) groups excluding carboxylic acids is 4. The molecule has 13 heteroatoms. The normalized spacial score (nSPS) is 26.5. The highest BCUT2D eigenvalue weighted by Crippen LogP contribution is 2.55. The first-order valence-electron chi connectivity index (χ1n) is 13.4. The van der Waals surface area contributed by atoms with Gasteiger partial charge in [0.25, 0.3) is 5.91 Å². The number of phenolic OH excluding ortho intramolecular Hbond substituents is 1. The number of anilines is 1. The van der Waals surface area contributed by atoms with Gasteiger partial charge in [-0.3, -0.25) is 24.6 Å². The van der Waals surface area contributed by atoms with Crippen LogP contribution in [0.1, 0.15) is 24.0 Å². The number of aliphatic hydroxyl groups is 3. The second kappa shape index (κ2) is 10.7. The van der Waals surface area contributed by atoms with Gasteiger partial charge in [0.1, 0.15) is 34.3 Å². The molecule has 13 nitrogen and oxygen atoms in total. The highest BCUT2D eigenvalue weighted by atomic mass is 16.6. The van der Waals surface area contributed by atoms with Gasteiger partial charge in [0.15, 0.2) is 11.6 Å². The summed E-state index contributed by atoms with van der Waals surface area (Å²) in [5.74, 6) is -8.79. The van der Waals surface area contributed by atoms with E-state index in [4.69, 9.17) is 15.2 Å². The number of aliphatic hydroxyl groups excluding tert-OH is 3. The van der Waals surface area contributed by atoms with Gasteiger partial charge in [-0.1, -0.05) is 13.0 Å². The summed E-state index contributed by atoms with van der Waals surface area (Å²) >= 11 is 0. The molecule has 6 atom stereocenters. The van der Waals surface area contributed by atoms with Crippen molar-refractivity contribution in [3.05, 3.63) is 64.4 Å². The summed E-state index contributed by atoms with van der Waals surface area (Å²) < 4.78 is 10.3. The molecule has 43 heavy (non-hydrogen) atoms. The van der Waals surface area contributed by atoms with E-state index in [0.717, 1.165) is 0 Å². The number of hydrogen-bond acceptors (Lipinski definition) is 11. The zero-order valence-corrected chi connectivity index (χ0v) is 23.7. The molecular formula is C30H31N3O10. The van der Waals surface area contributed by atoms with Gasteiger partial charge in [-0.05, 0) is 55.9 Å². The van der Waals surface area contributed by atoms with E-state index in [1.54, 1.807) is 33.2 Å². The van der Waals surface area contributed by atoms with E-state index in [-0.39, 0.29) is 22.6 Å². The predicted molar refractivity (Wildman–Crippen MR) is 152 cm³/mol. The number of nitrogens with two attached hydrogens (primary N) is 1. The molecule has 7 N–H and O–H groups in total. The number of fused-ring (bicyclic) bond motifs is 3. The largest absolute Gasteiger partial charge is 0.510 e. The van der Waals surface area contributed by atoms with Crippen LogP contribution in [-0.4, -0.2) is 82.2 Å². The Bertz CT molecular complexity index is 1610. The molecule has 226 valence electrons. The number of amides is 2. The van der Waals surface area contributed by atoms with Crippen LogP contribution in [0.4, 0.5) is 10.5 Å². The minimum atomic E-state index is -1.63. The van der Waals surface area contributed by atoms with E-state index >= 15 is 0 Å². The Morgan fingerprint density at radius 1 is 0.977 bits per heavy atom. The second-order valence-electron chi connectivity index (χ2n) is 11.0. The summed E-state index contributed by atoms with van der Waals surface area (Å²) in [6.45, 7) is 1.68. The van der Waals surface area contributed by atoms with Crippen molar-refractivity contribution in [3.63, 3.8) is 0 Å². The molecule has 1 fully saturated rings. The average molecular weight is 594 g/mol. The van der Waals surface area contributed by atoms with Crippen molar-refractivity contribution in [3.8, 4) is 17.2 Å². The molecule has 4 unspecified atom stereocenters. The lowest BCUT2D eigenvalue weighted by Crippen LogP contribution is -2.61. The lowest BCUT2D eigenvalue weighted by Gasteiger charge is -2.50. The zero-order chi connectivity index (χ0) is 31.5. The minimum Gasteiger partial charge on any atom is -0.510 e. The van der Waals surface area contributed by atoms with Crippen LogP contribution in [0.2, 0.25) is 0 Å². The molecule has 3 aliphatic rings. The Labute approximate surface area is 245 Å². The predicted octanol–water partition coefficient (Wildman–Crippen LogP) is 2.00. The first-order valence-corrected chi connectivity index (χ1v) is 13.4. The van der Waals surface area contributed by atoms with Crippen molar-refractivity contribution in [2.45, 2.75) is 25.0 Å². The monoisotopic (exact) mass is 593 g/mol. The van der Waals surface area contributed by atoms with Crippen molar-refractivity contribution in [2.75, 3.05) is 26.5 Å². The fourth-order valence-electron chi connectivity index (χ4n) is 6.60. The number of rotatable bonds is 5. The van der Waals surface area contributed by atoms with Crippen molar-refractivity contribution < 1.29 is 49.1 Å². The maximum Gasteiger partial charge on any atom is 0.417 e. The fourth-order valence-corrected chi connectivity index (χ4v) is 6.60. The molecule has 0 heterocycles. The number of Topliss-reactive ketones (excluding diaryl/α,β-unsaturated/α-hetero) is 2. The van der Waals surface area contributed by atoms with Gasteiger partial charge in [-0.15, -0.1) is 0 Å². The van der Waals surface area contributed by atoms with E-state index in [9.17, 15) is 39.6 Å². The number of ether oxygens (including phenoxy) is 2. The maximum absolute atomic E-state index is 14.0. The molecule has 2 amide bonds. The number of benzene rings is 2. The third-order valence-electron chi connectivity index (χ3n) is 8.50. The van der Waals surface area contributed by atoms with Crippen LogP contribution < -0.4 is 20.5 Å². The number of aromatic hydroxyl groups is 1. The van der Waals surface area contributed by atoms with Gasteiger partial charge in [0.2, 0.25) is 0 Å². The van der Waals surface area contributed by atoms with Gasteiger partial charge in [0, 0.05) is 17.4 Å². The van der Waals surface area contributed by atoms with Crippen LogP contribution in [-0.2, 0) is 14.4 Å². The molecule has 0 bridgehead atoms. The average Bonchev–Trinajstić information content (AvgIpc) is 2.94. The molecule has 5 rings (SSSR count). The lowest BCUT2D eigenvalue weighted by molar-refractivity contribution is -0.143. The highest BCUT2D eigenvalue weighted by molar-refractivity contribution is 6.28. The number of likely N-dealkylation sites (N-methyl/N-ethyl adjacent to an activating group) is 1. The van der Waals surface area contributed by atoms with E-state index in [1.807, 2.05) is 0 Å². The second-order valence-corrected chi connectivity index (χ2v) is 11.0. The quantitative estimate of drug-likeness (QED) is 0.168. The van der Waals surface area contributed by atoms with Crippen molar-refractivity contribution in [2.24, 2.45) is 23.5 Å². The Hall–Kier alpha value is -4.88. The topological polar surface area (TPSA) is 209 Å². The Morgan fingerprint density at radius 3 is 2.19 bits per heavy atom. The molecule has 0 spiro atoms. The number of methoxy groups -OCH3 is 1. The third-order valence-corrected chi connectivity index (χ3v) is 8.50. The minimum absolute atomic E-state index is 0.137. The fraction of sp³-hybridized carbons (Fsp3) is 0.333. The van der Waals surface area contributed by atoms with E-state index in [2.05, 4.69) is 5.32 Å². The van der Waals surface area contributed by atoms with Crippen LogP contribution in [0.5, 0.6) is 17.2 Å². The van der Waals surface area contributed by atoms with E-state index < -0.39 is 82.2 Å². The molecule has 0 aliphatic heterocycles. The Kier molecular flexibility index (Phi) is 7.40. The summed E-state index contributed by atoms with van der Waals surface area (Å²) in [5.41, 5.74) is 4.39. The summed E-state index contributed by atoms with van der Waals surface area (Å²) in [4.78, 5) is 53.5. The number of ketones is 2. The lowest BCUT2D eigenvalue weighted by atomic mass is 9.56. The van der Waals surface area contributed by atoms with Crippen molar-refractivity contribution in [1.29, 1.82) is 0 Å². The molecule has 0 saturated heterocycles. The van der Waals surface area contributed by atoms with Crippen LogP contribution >= 0.6 is 0 Å².